The third-order valence-corrected chi connectivity index (χ3v) is 4.73. The van der Waals surface area contributed by atoms with Gasteiger partial charge in [0.05, 0.1) is 5.60 Å². The predicted molar refractivity (Wildman–Crippen MR) is 83.1 cm³/mol. The highest BCUT2D eigenvalue weighted by Gasteiger charge is 2.32. The van der Waals surface area contributed by atoms with E-state index in [0.29, 0.717) is 18.0 Å². The molecule has 0 radical (unpaired) electrons. The molecule has 112 valence electrons. The second kappa shape index (κ2) is 6.54. The monoisotopic (exact) mass is 343 g/mol. The zero-order valence-corrected chi connectivity index (χ0v) is 13.7. The summed E-state index contributed by atoms with van der Waals surface area (Å²) in [6.07, 6.45) is 3.93. The summed E-state index contributed by atoms with van der Waals surface area (Å²) in [5, 5.41) is 13.9. The van der Waals surface area contributed by atoms with Gasteiger partial charge in [-0.2, -0.15) is 0 Å². The number of aliphatic hydroxyl groups is 1. The minimum absolute atomic E-state index is 0.107. The van der Waals surface area contributed by atoms with Crippen LogP contribution in [-0.4, -0.2) is 17.3 Å². The fourth-order valence-corrected chi connectivity index (χ4v) is 3.43. The van der Waals surface area contributed by atoms with E-state index in [1.165, 1.54) is 12.5 Å². The van der Waals surface area contributed by atoms with Gasteiger partial charge in [-0.05, 0) is 37.8 Å². The number of halogens is 2. The number of hydrogen-bond donors (Lipinski definition) is 2. The number of rotatable bonds is 4. The first-order chi connectivity index (χ1) is 9.39. The smallest absolute Gasteiger partial charge is 0.129 e. The van der Waals surface area contributed by atoms with Crippen LogP contribution < -0.4 is 5.32 Å². The van der Waals surface area contributed by atoms with E-state index in [1.54, 1.807) is 6.07 Å². The number of hydrogen-bond acceptors (Lipinski definition) is 2. The van der Waals surface area contributed by atoms with Gasteiger partial charge < -0.3 is 10.4 Å². The van der Waals surface area contributed by atoms with Crippen LogP contribution in [0.3, 0.4) is 0 Å². The van der Waals surface area contributed by atoms with Crippen LogP contribution in [0, 0.1) is 11.7 Å². The lowest BCUT2D eigenvalue weighted by Gasteiger charge is -2.36. The first-order valence-corrected chi connectivity index (χ1v) is 8.10. The summed E-state index contributed by atoms with van der Waals surface area (Å²) in [7, 11) is 0. The van der Waals surface area contributed by atoms with Crippen LogP contribution in [0.4, 0.5) is 4.39 Å². The van der Waals surface area contributed by atoms with Crippen LogP contribution >= 0.6 is 15.9 Å². The predicted octanol–water partition coefficient (Wildman–Crippen LogP) is 4.18. The Morgan fingerprint density at radius 2 is 2.30 bits per heavy atom. The molecule has 2 N–H and O–H groups in total. The molecule has 0 spiro atoms. The molecule has 1 aliphatic carbocycles. The van der Waals surface area contributed by atoms with Gasteiger partial charge in [-0.15, -0.1) is 0 Å². The quantitative estimate of drug-likeness (QED) is 0.859. The molecule has 3 unspecified atom stereocenters. The van der Waals surface area contributed by atoms with Crippen molar-refractivity contribution in [1.82, 2.24) is 5.32 Å². The maximum atomic E-state index is 13.9. The lowest BCUT2D eigenvalue weighted by molar-refractivity contribution is -0.0135. The van der Waals surface area contributed by atoms with E-state index in [4.69, 9.17) is 0 Å². The van der Waals surface area contributed by atoms with E-state index < -0.39 is 5.60 Å². The minimum atomic E-state index is -0.641. The maximum Gasteiger partial charge on any atom is 0.129 e. The molecular formula is C16H23BrFNO. The van der Waals surface area contributed by atoms with E-state index in [-0.39, 0.29) is 11.9 Å². The summed E-state index contributed by atoms with van der Waals surface area (Å²) in [6, 6.07) is 4.99. The first kappa shape index (κ1) is 15.9. The van der Waals surface area contributed by atoms with Gasteiger partial charge in [-0.3, -0.25) is 0 Å². The van der Waals surface area contributed by atoms with Crippen molar-refractivity contribution in [3.05, 3.63) is 34.1 Å². The van der Waals surface area contributed by atoms with E-state index in [0.717, 1.165) is 23.7 Å². The number of benzene rings is 1. The highest BCUT2D eigenvalue weighted by atomic mass is 79.9. The molecule has 1 aromatic rings. The molecule has 0 saturated heterocycles. The molecule has 4 heteroatoms. The fraction of sp³-hybridized carbons (Fsp3) is 0.625. The van der Waals surface area contributed by atoms with Crippen LogP contribution in [0.2, 0.25) is 0 Å². The Kier molecular flexibility index (Phi) is 5.21. The summed E-state index contributed by atoms with van der Waals surface area (Å²) < 4.78 is 14.6. The lowest BCUT2D eigenvalue weighted by atomic mass is 9.79. The molecule has 3 atom stereocenters. The normalized spacial score (nSPS) is 28.4. The molecule has 1 saturated carbocycles. The summed E-state index contributed by atoms with van der Waals surface area (Å²) in [5.41, 5.74) is -0.00161. The first-order valence-electron chi connectivity index (χ1n) is 7.30. The third-order valence-electron chi connectivity index (χ3n) is 4.23. The molecule has 20 heavy (non-hydrogen) atoms. The van der Waals surface area contributed by atoms with Gasteiger partial charge in [0.15, 0.2) is 0 Å². The molecule has 0 bridgehead atoms. The van der Waals surface area contributed by atoms with E-state index in [2.05, 4.69) is 28.2 Å². The highest BCUT2D eigenvalue weighted by Crippen LogP contribution is 2.32. The molecule has 1 aliphatic rings. The second-order valence-corrected chi connectivity index (χ2v) is 7.11. The van der Waals surface area contributed by atoms with Crippen molar-refractivity contribution in [2.75, 3.05) is 6.54 Å². The molecule has 1 fully saturated rings. The Bertz CT molecular complexity index is 468. The molecule has 0 aliphatic heterocycles. The van der Waals surface area contributed by atoms with Gasteiger partial charge in [0.2, 0.25) is 0 Å². The van der Waals surface area contributed by atoms with Crippen molar-refractivity contribution in [1.29, 1.82) is 0 Å². The van der Waals surface area contributed by atoms with Gasteiger partial charge in [0, 0.05) is 22.6 Å². The third kappa shape index (κ3) is 4.03. The van der Waals surface area contributed by atoms with Gasteiger partial charge in [-0.1, -0.05) is 41.8 Å². The fourth-order valence-electron chi connectivity index (χ4n) is 3.10. The van der Waals surface area contributed by atoms with Crippen molar-refractivity contribution in [2.45, 2.75) is 51.2 Å². The van der Waals surface area contributed by atoms with Crippen molar-refractivity contribution in [3.63, 3.8) is 0 Å². The van der Waals surface area contributed by atoms with Gasteiger partial charge in [-0.25, -0.2) is 4.39 Å². The van der Waals surface area contributed by atoms with E-state index in [9.17, 15) is 9.50 Å². The van der Waals surface area contributed by atoms with Gasteiger partial charge >= 0.3 is 0 Å². The summed E-state index contributed by atoms with van der Waals surface area (Å²) in [5.74, 6) is 0.346. The Balaban J connectivity index is 1.96. The summed E-state index contributed by atoms with van der Waals surface area (Å²) >= 11 is 3.26. The van der Waals surface area contributed by atoms with Crippen molar-refractivity contribution in [2.24, 2.45) is 5.92 Å². The second-order valence-electron chi connectivity index (χ2n) is 6.19. The van der Waals surface area contributed by atoms with Crippen LogP contribution in [0.1, 0.15) is 51.1 Å². The largest absolute Gasteiger partial charge is 0.389 e. The van der Waals surface area contributed by atoms with Crippen LogP contribution in [-0.2, 0) is 0 Å². The minimum Gasteiger partial charge on any atom is -0.389 e. The highest BCUT2D eigenvalue weighted by molar-refractivity contribution is 9.10. The van der Waals surface area contributed by atoms with Gasteiger partial charge in [0.25, 0.3) is 0 Å². The maximum absolute atomic E-state index is 13.9. The number of nitrogens with one attached hydrogen (secondary N) is 1. The molecule has 0 heterocycles. The lowest BCUT2D eigenvalue weighted by Crippen LogP contribution is -2.44. The Morgan fingerprint density at radius 3 is 2.95 bits per heavy atom. The van der Waals surface area contributed by atoms with E-state index >= 15 is 0 Å². The Morgan fingerprint density at radius 1 is 1.55 bits per heavy atom. The van der Waals surface area contributed by atoms with Crippen LogP contribution in [0.15, 0.2) is 22.7 Å². The molecule has 1 aromatic carbocycles. The molecule has 2 rings (SSSR count). The molecule has 2 nitrogen and oxygen atoms in total. The molecular weight excluding hydrogens is 321 g/mol. The summed E-state index contributed by atoms with van der Waals surface area (Å²) in [4.78, 5) is 0. The summed E-state index contributed by atoms with van der Waals surface area (Å²) in [6.45, 7) is 4.64. The topological polar surface area (TPSA) is 32.3 Å². The average Bonchev–Trinajstić information content (AvgIpc) is 2.36. The van der Waals surface area contributed by atoms with E-state index in [1.807, 2.05) is 13.0 Å². The SMILES string of the molecule is CC1CCCC(O)(CNC(C)c2ccc(Br)cc2F)C1. The van der Waals surface area contributed by atoms with Gasteiger partial charge in [0.1, 0.15) is 5.82 Å². The zero-order chi connectivity index (χ0) is 14.8. The molecule has 0 amide bonds. The van der Waals surface area contributed by atoms with Crippen LogP contribution in [0.5, 0.6) is 0 Å². The van der Waals surface area contributed by atoms with Crippen molar-refractivity contribution < 1.29 is 9.50 Å². The van der Waals surface area contributed by atoms with Crippen molar-refractivity contribution >= 4 is 15.9 Å². The van der Waals surface area contributed by atoms with Crippen molar-refractivity contribution in [3.8, 4) is 0 Å². The average molecular weight is 344 g/mol. The molecule has 0 aromatic heterocycles. The van der Waals surface area contributed by atoms with Crippen LogP contribution in [0.25, 0.3) is 0 Å². The Hall–Kier alpha value is -0.450. The standard InChI is InChI=1S/C16H23BrFNO/c1-11-4-3-7-16(20,9-11)10-19-12(2)14-6-5-13(17)8-15(14)18/h5-6,8,11-12,19-20H,3-4,7,9-10H2,1-2H3. The zero-order valence-electron chi connectivity index (χ0n) is 12.1. The Labute approximate surface area is 128 Å².